The molecule has 38 heavy (non-hydrogen) atoms. The molecule has 4 aromatic rings. The zero-order chi connectivity index (χ0) is 27.2. The Labute approximate surface area is 214 Å². The summed E-state index contributed by atoms with van der Waals surface area (Å²) in [5.74, 6) is -0.0705. The zero-order valence-corrected chi connectivity index (χ0v) is 20.1. The summed E-state index contributed by atoms with van der Waals surface area (Å²) < 4.78 is 23.6. The number of carbonyl (C=O) groups excluding carboxylic acids is 2. The van der Waals surface area contributed by atoms with E-state index in [1.807, 2.05) is 6.07 Å². The van der Waals surface area contributed by atoms with Gasteiger partial charge in [0.05, 0.1) is 31.0 Å². The highest BCUT2D eigenvalue weighted by molar-refractivity contribution is 6.07. The molecule has 5 rings (SSSR count). The first-order chi connectivity index (χ1) is 18.2. The normalized spacial score (nSPS) is 22.9. The van der Waals surface area contributed by atoms with E-state index in [1.54, 1.807) is 24.3 Å². The number of nitrogen functional groups attached to an aromatic ring is 1. The molecule has 1 saturated heterocycles. The van der Waals surface area contributed by atoms with Crippen molar-refractivity contribution in [2.24, 2.45) is 0 Å². The van der Waals surface area contributed by atoms with E-state index in [4.69, 9.17) is 24.7 Å². The van der Waals surface area contributed by atoms with Gasteiger partial charge in [0, 0.05) is 11.6 Å². The molecule has 0 unspecified atom stereocenters. The zero-order valence-electron chi connectivity index (χ0n) is 20.1. The Kier molecular flexibility index (Phi) is 6.11. The summed E-state index contributed by atoms with van der Waals surface area (Å²) >= 11 is 0. The van der Waals surface area contributed by atoms with Gasteiger partial charge in [-0.25, -0.2) is 19.1 Å². The number of esters is 1. The third kappa shape index (κ3) is 3.68. The van der Waals surface area contributed by atoms with Crippen LogP contribution in [-0.4, -0.2) is 80.6 Å². The van der Waals surface area contributed by atoms with Gasteiger partial charge in [0.25, 0.3) is 0 Å². The van der Waals surface area contributed by atoms with Gasteiger partial charge in [-0.15, -0.1) is 0 Å². The quantitative estimate of drug-likeness (QED) is 0.309. The molecule has 14 heteroatoms. The maximum Gasteiger partial charge on any atom is 0.418 e. The van der Waals surface area contributed by atoms with E-state index < -0.39 is 42.6 Å². The predicted octanol–water partition coefficient (Wildman–Crippen LogP) is 0.586. The topological polar surface area (TPSA) is 196 Å². The van der Waals surface area contributed by atoms with Crippen molar-refractivity contribution in [3.05, 3.63) is 54.1 Å². The van der Waals surface area contributed by atoms with Crippen molar-refractivity contribution >= 4 is 34.3 Å². The Morgan fingerprint density at radius 2 is 2.00 bits per heavy atom. The number of hydrogen-bond acceptors (Lipinski definition) is 12. The molecule has 3 aromatic heterocycles. The van der Waals surface area contributed by atoms with Crippen LogP contribution in [0.25, 0.3) is 16.4 Å². The molecule has 4 atom stereocenters. The van der Waals surface area contributed by atoms with Crippen LogP contribution in [0.5, 0.6) is 5.75 Å². The minimum Gasteiger partial charge on any atom is -0.497 e. The number of ether oxygens (including phenoxy) is 4. The van der Waals surface area contributed by atoms with Crippen LogP contribution < -0.4 is 10.5 Å². The summed E-state index contributed by atoms with van der Waals surface area (Å²) in [4.78, 5) is 29.2. The molecule has 14 nitrogen and oxygen atoms in total. The van der Waals surface area contributed by atoms with Crippen LogP contribution in [0.1, 0.15) is 16.1 Å². The highest BCUT2D eigenvalue weighted by Gasteiger charge is 2.57. The van der Waals surface area contributed by atoms with E-state index in [9.17, 15) is 25.1 Å². The van der Waals surface area contributed by atoms with Gasteiger partial charge in [0.1, 0.15) is 48.6 Å². The van der Waals surface area contributed by atoms with Crippen LogP contribution in [0.2, 0.25) is 0 Å². The highest BCUT2D eigenvalue weighted by atomic mass is 16.6. The molecule has 1 fully saturated rings. The summed E-state index contributed by atoms with van der Waals surface area (Å²) in [6, 6.07) is 9.68. The van der Waals surface area contributed by atoms with Gasteiger partial charge in [0.15, 0.2) is 5.82 Å². The number of methoxy groups -OCH3 is 2. The minimum atomic E-state index is -2.04. The monoisotopic (exact) mass is 522 g/mol. The van der Waals surface area contributed by atoms with Crippen molar-refractivity contribution in [2.45, 2.75) is 23.9 Å². The predicted molar refractivity (Wildman–Crippen MR) is 128 cm³/mol. The van der Waals surface area contributed by atoms with Crippen molar-refractivity contribution in [1.82, 2.24) is 19.2 Å². The molecule has 4 N–H and O–H groups in total. The third-order valence-electron chi connectivity index (χ3n) is 6.47. The average Bonchev–Trinajstić information content (AvgIpc) is 3.61. The second-order valence-corrected chi connectivity index (χ2v) is 8.46. The molecule has 0 radical (unpaired) electrons. The van der Waals surface area contributed by atoms with Gasteiger partial charge in [-0.3, -0.25) is 4.57 Å². The number of nitrogens with zero attached hydrogens (tertiary/aromatic N) is 5. The summed E-state index contributed by atoms with van der Waals surface area (Å²) in [6.07, 6.45) is -3.05. The number of aliphatic hydroxyl groups is 2. The molecule has 0 spiro atoms. The first-order valence-electron chi connectivity index (χ1n) is 11.2. The maximum absolute atomic E-state index is 13.0. The smallest absolute Gasteiger partial charge is 0.418 e. The molecule has 0 aliphatic carbocycles. The van der Waals surface area contributed by atoms with E-state index in [-0.39, 0.29) is 17.1 Å². The number of carbonyl (C=O) groups is 2. The van der Waals surface area contributed by atoms with Crippen molar-refractivity contribution < 1.29 is 38.7 Å². The third-order valence-corrected chi connectivity index (χ3v) is 6.47. The molecule has 0 bridgehead atoms. The van der Waals surface area contributed by atoms with Gasteiger partial charge in [-0.1, -0.05) is 0 Å². The summed E-state index contributed by atoms with van der Waals surface area (Å²) in [5, 5.41) is 36.0. The number of nitrogens with two attached hydrogens (primary N) is 1. The SMILES string of the molecule is COC(=O)c1cn(C(=O)OC[C@H]2O[C@@](C#N)(c3ccc4c(N)ncnn34)[C@H](O)[C@@H]2O)c2ccc(OC)cc12. The molecule has 4 heterocycles. The lowest BCUT2D eigenvalue weighted by atomic mass is 9.92. The van der Waals surface area contributed by atoms with Gasteiger partial charge in [0.2, 0.25) is 5.60 Å². The molecule has 0 amide bonds. The fourth-order valence-corrected chi connectivity index (χ4v) is 4.53. The average molecular weight is 522 g/mol. The minimum absolute atomic E-state index is 0.107. The molecule has 196 valence electrons. The summed E-state index contributed by atoms with van der Waals surface area (Å²) in [5.41, 5.74) is 4.74. The molecule has 1 aliphatic heterocycles. The van der Waals surface area contributed by atoms with E-state index in [1.165, 1.54) is 37.3 Å². The largest absolute Gasteiger partial charge is 0.497 e. The molecule has 1 aliphatic rings. The number of aliphatic hydroxyl groups excluding tert-OH is 2. The van der Waals surface area contributed by atoms with Gasteiger partial charge in [-0.2, -0.15) is 10.4 Å². The second kappa shape index (κ2) is 9.30. The van der Waals surface area contributed by atoms with Crippen LogP contribution >= 0.6 is 0 Å². The lowest BCUT2D eigenvalue weighted by molar-refractivity contribution is -0.0657. The summed E-state index contributed by atoms with van der Waals surface area (Å²) in [6.45, 7) is -0.524. The molecule has 0 saturated carbocycles. The standard InChI is InChI=1S/C24H22N6O8/c1-35-12-3-4-15-13(7-12)14(22(33)36-2)8-29(15)23(34)37-9-17-19(31)20(32)24(10-25,38-17)18-6-5-16-21(26)27-11-28-30(16)18/h3-8,11,17,19-20,31-32H,9H2,1-2H3,(H2,26,27,28)/t17-,19-,20-,24+/m1/s1. The fraction of sp³-hybridized carbons (Fsp3) is 0.292. The summed E-state index contributed by atoms with van der Waals surface area (Å²) in [7, 11) is 2.68. The highest BCUT2D eigenvalue weighted by Crippen LogP contribution is 2.40. The second-order valence-electron chi connectivity index (χ2n) is 8.46. The first kappa shape index (κ1) is 25.0. The van der Waals surface area contributed by atoms with Crippen molar-refractivity contribution in [1.29, 1.82) is 5.26 Å². The maximum atomic E-state index is 13.0. The van der Waals surface area contributed by atoms with Crippen molar-refractivity contribution in [3.8, 4) is 11.8 Å². The lowest BCUT2D eigenvalue weighted by Gasteiger charge is -2.24. The molecule has 1 aromatic carbocycles. The number of rotatable bonds is 5. The number of fused-ring (bicyclic) bond motifs is 2. The van der Waals surface area contributed by atoms with E-state index in [2.05, 4.69) is 10.1 Å². The molecular weight excluding hydrogens is 500 g/mol. The Morgan fingerprint density at radius 1 is 1.24 bits per heavy atom. The van der Waals surface area contributed by atoms with Crippen LogP contribution in [0.4, 0.5) is 10.6 Å². The fourth-order valence-electron chi connectivity index (χ4n) is 4.53. The van der Waals surface area contributed by atoms with Crippen LogP contribution in [0.15, 0.2) is 42.9 Å². The Bertz CT molecular complexity index is 1610. The van der Waals surface area contributed by atoms with E-state index in [0.29, 0.717) is 22.2 Å². The van der Waals surface area contributed by atoms with E-state index >= 15 is 0 Å². The Balaban J connectivity index is 1.41. The lowest BCUT2D eigenvalue weighted by Crippen LogP contribution is -2.41. The Morgan fingerprint density at radius 3 is 2.71 bits per heavy atom. The van der Waals surface area contributed by atoms with Gasteiger partial charge >= 0.3 is 12.1 Å². The van der Waals surface area contributed by atoms with Gasteiger partial charge < -0.3 is 34.9 Å². The van der Waals surface area contributed by atoms with Crippen LogP contribution in [-0.2, 0) is 19.8 Å². The number of hydrogen-bond donors (Lipinski definition) is 3. The van der Waals surface area contributed by atoms with Crippen LogP contribution in [0.3, 0.4) is 0 Å². The van der Waals surface area contributed by atoms with Crippen molar-refractivity contribution in [2.75, 3.05) is 26.6 Å². The van der Waals surface area contributed by atoms with Crippen molar-refractivity contribution in [3.63, 3.8) is 0 Å². The number of nitriles is 1. The number of benzene rings is 1. The Hall–Kier alpha value is -4.71. The number of aromatic nitrogens is 4. The van der Waals surface area contributed by atoms with Gasteiger partial charge in [-0.05, 0) is 30.3 Å². The first-order valence-corrected chi connectivity index (χ1v) is 11.2. The number of anilines is 1. The van der Waals surface area contributed by atoms with Crippen LogP contribution in [0, 0.1) is 11.3 Å². The molecular formula is C24H22N6O8. The van der Waals surface area contributed by atoms with E-state index in [0.717, 1.165) is 4.57 Å².